The number of aryl methyl sites for hydroxylation is 1. The van der Waals surface area contributed by atoms with Crippen molar-refractivity contribution in [2.75, 3.05) is 12.8 Å². The van der Waals surface area contributed by atoms with Crippen LogP contribution in [0.2, 0.25) is 0 Å². The number of nitrogens with two attached hydrogens (primary N) is 1. The van der Waals surface area contributed by atoms with Gasteiger partial charge in [0.05, 0.1) is 0 Å². The number of benzene rings is 1. The third-order valence-electron chi connectivity index (χ3n) is 2.34. The molecule has 3 amide bonds. The third-order valence-corrected chi connectivity index (χ3v) is 2.34. The average molecular weight is 251 g/mol. The minimum atomic E-state index is -0.773. The van der Waals surface area contributed by atoms with Crippen LogP contribution < -0.4 is 21.1 Å². The van der Waals surface area contributed by atoms with Gasteiger partial charge >= 0.3 is 6.03 Å². The molecule has 0 aromatic heterocycles. The second-order valence-electron chi connectivity index (χ2n) is 3.85. The van der Waals surface area contributed by atoms with Crippen LogP contribution in [-0.2, 0) is 4.79 Å². The Hall–Kier alpha value is -2.24. The van der Waals surface area contributed by atoms with Crippen molar-refractivity contribution in [1.82, 2.24) is 10.6 Å². The molecule has 0 heterocycles. The maximum atomic E-state index is 11.6. The monoisotopic (exact) mass is 251 g/mol. The molecule has 1 aromatic rings. The molecule has 1 aromatic carbocycles. The van der Waals surface area contributed by atoms with Crippen LogP contribution in [-0.4, -0.2) is 25.1 Å². The van der Waals surface area contributed by atoms with Crippen molar-refractivity contribution in [2.45, 2.75) is 20.0 Å². The Morgan fingerprint density at radius 3 is 2.61 bits per heavy atom. The van der Waals surface area contributed by atoms with Gasteiger partial charge in [-0.1, -0.05) is 0 Å². The number of hydrogen-bond donors (Lipinski definition) is 3. The number of urea groups is 1. The zero-order chi connectivity index (χ0) is 13.7. The number of carbonyl (C=O) groups is 2. The van der Waals surface area contributed by atoms with Crippen molar-refractivity contribution in [3.8, 4) is 5.75 Å². The number of carbonyl (C=O) groups excluding carboxylic acids is 2. The summed E-state index contributed by atoms with van der Waals surface area (Å²) < 4.78 is 5.46. The van der Waals surface area contributed by atoms with Crippen LogP contribution >= 0.6 is 0 Å². The van der Waals surface area contributed by atoms with E-state index in [1.54, 1.807) is 25.1 Å². The Bertz CT molecular complexity index is 460. The van der Waals surface area contributed by atoms with E-state index in [9.17, 15) is 9.59 Å². The Labute approximate surface area is 105 Å². The molecule has 0 spiro atoms. The number of ether oxygens (including phenoxy) is 1. The van der Waals surface area contributed by atoms with Gasteiger partial charge in [-0.3, -0.25) is 10.1 Å². The number of anilines is 1. The maximum Gasteiger partial charge on any atom is 0.321 e. The minimum Gasteiger partial charge on any atom is -0.481 e. The molecule has 0 radical (unpaired) electrons. The van der Waals surface area contributed by atoms with Crippen LogP contribution in [0.5, 0.6) is 5.75 Å². The summed E-state index contributed by atoms with van der Waals surface area (Å²) in [5.74, 6) is 0.0503. The fourth-order valence-electron chi connectivity index (χ4n) is 1.32. The summed E-state index contributed by atoms with van der Waals surface area (Å²) in [6.45, 7) is 3.39. The molecule has 1 unspecified atom stereocenters. The molecule has 1 rings (SSSR count). The number of amides is 3. The molecule has 0 saturated heterocycles. The van der Waals surface area contributed by atoms with Gasteiger partial charge in [0, 0.05) is 12.7 Å². The van der Waals surface area contributed by atoms with Crippen molar-refractivity contribution in [1.29, 1.82) is 0 Å². The van der Waals surface area contributed by atoms with E-state index in [0.29, 0.717) is 11.4 Å². The molecule has 98 valence electrons. The number of nitrogen functional groups attached to an aromatic ring is 1. The normalized spacial score (nSPS) is 11.5. The van der Waals surface area contributed by atoms with E-state index in [1.165, 1.54) is 7.05 Å². The second kappa shape index (κ2) is 5.90. The lowest BCUT2D eigenvalue weighted by Gasteiger charge is -2.15. The van der Waals surface area contributed by atoms with Gasteiger partial charge in [-0.25, -0.2) is 4.79 Å². The Balaban J connectivity index is 2.66. The van der Waals surface area contributed by atoms with Crippen molar-refractivity contribution in [3.05, 3.63) is 23.8 Å². The average Bonchev–Trinajstić information content (AvgIpc) is 2.32. The van der Waals surface area contributed by atoms with Gasteiger partial charge in [-0.2, -0.15) is 0 Å². The third kappa shape index (κ3) is 3.65. The van der Waals surface area contributed by atoms with Gasteiger partial charge in [0.2, 0.25) is 0 Å². The molecule has 4 N–H and O–H groups in total. The van der Waals surface area contributed by atoms with Crippen LogP contribution in [0.1, 0.15) is 12.5 Å². The molecule has 18 heavy (non-hydrogen) atoms. The lowest BCUT2D eigenvalue weighted by molar-refractivity contribution is -0.126. The maximum absolute atomic E-state index is 11.6. The molecule has 0 aliphatic rings. The van der Waals surface area contributed by atoms with E-state index < -0.39 is 18.0 Å². The highest BCUT2D eigenvalue weighted by Crippen LogP contribution is 2.21. The van der Waals surface area contributed by atoms with Crippen molar-refractivity contribution >= 4 is 17.6 Å². The Morgan fingerprint density at radius 2 is 2.06 bits per heavy atom. The van der Waals surface area contributed by atoms with Gasteiger partial charge < -0.3 is 15.8 Å². The topological polar surface area (TPSA) is 93.5 Å². The summed E-state index contributed by atoms with van der Waals surface area (Å²) in [7, 11) is 1.43. The first-order chi connectivity index (χ1) is 8.43. The van der Waals surface area contributed by atoms with Crippen molar-refractivity contribution in [2.24, 2.45) is 0 Å². The van der Waals surface area contributed by atoms with Crippen LogP contribution in [0, 0.1) is 6.92 Å². The molecule has 0 saturated carbocycles. The van der Waals surface area contributed by atoms with Crippen molar-refractivity contribution in [3.63, 3.8) is 0 Å². The first-order valence-electron chi connectivity index (χ1n) is 5.49. The molecule has 6 heteroatoms. The quantitative estimate of drug-likeness (QED) is 0.693. The molecule has 0 fully saturated rings. The summed E-state index contributed by atoms with van der Waals surface area (Å²) in [5.41, 5.74) is 7.07. The Morgan fingerprint density at radius 1 is 1.39 bits per heavy atom. The van der Waals surface area contributed by atoms with Crippen LogP contribution in [0.25, 0.3) is 0 Å². The highest BCUT2D eigenvalue weighted by molar-refractivity contribution is 5.96. The summed E-state index contributed by atoms with van der Waals surface area (Å²) >= 11 is 0. The minimum absolute atomic E-state index is 0.509. The highest BCUT2D eigenvalue weighted by atomic mass is 16.5. The first-order valence-corrected chi connectivity index (χ1v) is 5.49. The van der Waals surface area contributed by atoms with Crippen LogP contribution in [0.15, 0.2) is 18.2 Å². The SMILES string of the molecule is CNC(=O)NC(=O)C(C)Oc1ccc(N)cc1C. The molecule has 1 atom stereocenters. The molecular formula is C12H17N3O3. The van der Waals surface area contributed by atoms with Gasteiger partial charge in [0.1, 0.15) is 5.75 Å². The number of nitrogens with one attached hydrogen (secondary N) is 2. The molecule has 6 nitrogen and oxygen atoms in total. The van der Waals surface area contributed by atoms with E-state index in [0.717, 1.165) is 5.56 Å². The number of hydrogen-bond acceptors (Lipinski definition) is 4. The van der Waals surface area contributed by atoms with E-state index in [1.807, 2.05) is 6.92 Å². The number of imide groups is 1. The molecule has 0 bridgehead atoms. The van der Waals surface area contributed by atoms with E-state index in [4.69, 9.17) is 10.5 Å². The zero-order valence-corrected chi connectivity index (χ0v) is 10.6. The van der Waals surface area contributed by atoms with E-state index >= 15 is 0 Å². The van der Waals surface area contributed by atoms with Gasteiger partial charge in [0.15, 0.2) is 6.10 Å². The van der Waals surface area contributed by atoms with Gasteiger partial charge in [-0.15, -0.1) is 0 Å². The largest absolute Gasteiger partial charge is 0.481 e. The molecular weight excluding hydrogens is 234 g/mol. The van der Waals surface area contributed by atoms with Crippen LogP contribution in [0.3, 0.4) is 0 Å². The lowest BCUT2D eigenvalue weighted by Crippen LogP contribution is -2.44. The summed E-state index contributed by atoms with van der Waals surface area (Å²) in [6, 6.07) is 4.56. The molecule has 0 aliphatic heterocycles. The fraction of sp³-hybridized carbons (Fsp3) is 0.333. The van der Waals surface area contributed by atoms with E-state index in [2.05, 4.69) is 10.6 Å². The smallest absolute Gasteiger partial charge is 0.321 e. The molecule has 0 aliphatic carbocycles. The highest BCUT2D eigenvalue weighted by Gasteiger charge is 2.17. The van der Waals surface area contributed by atoms with E-state index in [-0.39, 0.29) is 0 Å². The summed E-state index contributed by atoms with van der Waals surface area (Å²) in [6.07, 6.45) is -0.773. The first kappa shape index (κ1) is 13.8. The summed E-state index contributed by atoms with van der Waals surface area (Å²) in [4.78, 5) is 22.5. The van der Waals surface area contributed by atoms with Gasteiger partial charge in [0.25, 0.3) is 5.91 Å². The predicted molar refractivity (Wildman–Crippen MR) is 68.3 cm³/mol. The number of rotatable bonds is 3. The predicted octanol–water partition coefficient (Wildman–Crippen LogP) is 0.800. The van der Waals surface area contributed by atoms with Gasteiger partial charge in [-0.05, 0) is 37.6 Å². The van der Waals surface area contributed by atoms with Crippen LogP contribution in [0.4, 0.5) is 10.5 Å². The summed E-state index contributed by atoms with van der Waals surface area (Å²) in [5, 5.41) is 4.43. The second-order valence-corrected chi connectivity index (χ2v) is 3.85. The zero-order valence-electron chi connectivity index (χ0n) is 10.6. The fourth-order valence-corrected chi connectivity index (χ4v) is 1.32. The standard InChI is InChI=1S/C12H17N3O3/c1-7-6-9(13)4-5-10(7)18-8(2)11(16)15-12(17)14-3/h4-6,8H,13H2,1-3H3,(H2,14,15,16,17). The lowest BCUT2D eigenvalue weighted by atomic mass is 10.2. The van der Waals surface area contributed by atoms with Crippen molar-refractivity contribution < 1.29 is 14.3 Å². The Kier molecular flexibility index (Phi) is 4.53.